The molecule has 3 aromatic rings. The van der Waals surface area contributed by atoms with Gasteiger partial charge in [-0.1, -0.05) is 18.2 Å². The van der Waals surface area contributed by atoms with Crippen molar-refractivity contribution >= 4 is 17.7 Å². The summed E-state index contributed by atoms with van der Waals surface area (Å²) in [6.07, 6.45) is 1.69. The Morgan fingerprint density at radius 3 is 2.61 bits per heavy atom. The molecule has 1 N–H and O–H groups in total. The Morgan fingerprint density at radius 1 is 1.11 bits per heavy atom. The highest BCUT2D eigenvalue weighted by Gasteiger charge is 2.06. The molecule has 0 aliphatic heterocycles. The number of hydrogen-bond acceptors (Lipinski definition) is 4. The van der Waals surface area contributed by atoms with Crippen molar-refractivity contribution in [3.63, 3.8) is 0 Å². The third kappa shape index (κ3) is 5.82. The molecule has 0 spiro atoms. The Bertz CT molecular complexity index is 944. The van der Waals surface area contributed by atoms with Gasteiger partial charge in [0.05, 0.1) is 5.75 Å². The van der Waals surface area contributed by atoms with Gasteiger partial charge in [-0.05, 0) is 60.9 Å². The van der Waals surface area contributed by atoms with Crippen LogP contribution < -0.4 is 10.1 Å². The van der Waals surface area contributed by atoms with E-state index in [1.165, 1.54) is 23.9 Å². The monoisotopic (exact) mass is 396 g/mol. The van der Waals surface area contributed by atoms with Crippen LogP contribution in [0.5, 0.6) is 11.6 Å². The highest BCUT2D eigenvalue weighted by molar-refractivity contribution is 8.00. The van der Waals surface area contributed by atoms with Gasteiger partial charge in [-0.2, -0.15) is 0 Å². The number of benzene rings is 2. The van der Waals surface area contributed by atoms with Crippen LogP contribution in [0.4, 0.5) is 4.39 Å². The molecule has 2 aromatic carbocycles. The van der Waals surface area contributed by atoms with Crippen molar-refractivity contribution in [3.8, 4) is 11.6 Å². The van der Waals surface area contributed by atoms with E-state index in [4.69, 9.17) is 4.74 Å². The fourth-order valence-corrected chi connectivity index (χ4v) is 3.17. The molecule has 3 rings (SSSR count). The summed E-state index contributed by atoms with van der Waals surface area (Å²) < 4.78 is 18.7. The Labute approximate surface area is 168 Å². The minimum absolute atomic E-state index is 0.0926. The molecule has 1 heterocycles. The number of thioether (sulfide) groups is 1. The van der Waals surface area contributed by atoms with Crippen LogP contribution in [0.1, 0.15) is 16.7 Å². The number of nitrogens with one attached hydrogen (secondary N) is 1. The van der Waals surface area contributed by atoms with Gasteiger partial charge < -0.3 is 10.1 Å². The molecule has 0 fully saturated rings. The highest BCUT2D eigenvalue weighted by Crippen LogP contribution is 2.24. The van der Waals surface area contributed by atoms with E-state index in [1.54, 1.807) is 24.4 Å². The Kier molecular flexibility index (Phi) is 6.66. The maximum Gasteiger partial charge on any atom is 0.230 e. The van der Waals surface area contributed by atoms with Gasteiger partial charge in [0.2, 0.25) is 11.8 Å². The number of carbonyl (C=O) groups excluding carboxylic acids is 1. The predicted octanol–water partition coefficient (Wildman–Crippen LogP) is 5.04. The van der Waals surface area contributed by atoms with Gasteiger partial charge in [0.25, 0.3) is 0 Å². The quantitative estimate of drug-likeness (QED) is 0.569. The third-order valence-electron chi connectivity index (χ3n) is 4.03. The molecule has 0 aliphatic rings. The number of carbonyl (C=O) groups is 1. The molecule has 0 bridgehead atoms. The molecular weight excluding hydrogens is 375 g/mol. The van der Waals surface area contributed by atoms with E-state index < -0.39 is 0 Å². The number of nitrogens with zero attached hydrogens (tertiary/aromatic N) is 1. The molecule has 0 aliphatic carbocycles. The number of pyridine rings is 1. The van der Waals surface area contributed by atoms with Crippen molar-refractivity contribution in [2.45, 2.75) is 25.3 Å². The van der Waals surface area contributed by atoms with Crippen molar-refractivity contribution in [2.24, 2.45) is 0 Å². The minimum atomic E-state index is -0.286. The van der Waals surface area contributed by atoms with E-state index in [0.717, 1.165) is 27.3 Å². The third-order valence-corrected chi connectivity index (χ3v) is 5.04. The average molecular weight is 396 g/mol. The van der Waals surface area contributed by atoms with Crippen LogP contribution in [0.2, 0.25) is 0 Å². The van der Waals surface area contributed by atoms with Crippen LogP contribution in [0, 0.1) is 19.7 Å². The summed E-state index contributed by atoms with van der Waals surface area (Å²) in [5, 5.41) is 2.85. The molecule has 1 aromatic heterocycles. The molecule has 0 radical (unpaired) electrons. The number of amides is 1. The van der Waals surface area contributed by atoms with Gasteiger partial charge in [0.1, 0.15) is 11.6 Å². The second kappa shape index (κ2) is 9.37. The largest absolute Gasteiger partial charge is 0.439 e. The maximum atomic E-state index is 12.9. The normalized spacial score (nSPS) is 10.5. The fraction of sp³-hybridized carbons (Fsp3) is 0.182. The standard InChI is InChI=1S/C22H21FN2O2S/c1-15-3-4-16(2)20(11-15)27-22-10-5-17(13-25-22)12-24-21(26)14-28-19-8-6-18(23)7-9-19/h3-11,13H,12,14H2,1-2H3,(H,24,26). The zero-order chi connectivity index (χ0) is 19.9. The molecular formula is C22H21FN2O2S. The highest BCUT2D eigenvalue weighted by atomic mass is 32.2. The van der Waals surface area contributed by atoms with Gasteiger partial charge in [-0.15, -0.1) is 11.8 Å². The summed E-state index contributed by atoms with van der Waals surface area (Å²) in [6, 6.07) is 15.8. The van der Waals surface area contributed by atoms with Crippen molar-refractivity contribution in [1.29, 1.82) is 0 Å². The molecule has 0 unspecified atom stereocenters. The van der Waals surface area contributed by atoms with Crippen LogP contribution >= 0.6 is 11.8 Å². The lowest BCUT2D eigenvalue weighted by Gasteiger charge is -2.09. The summed E-state index contributed by atoms with van der Waals surface area (Å²) in [4.78, 5) is 17.1. The first kappa shape index (κ1) is 19.9. The van der Waals surface area contributed by atoms with Crippen LogP contribution in [0.25, 0.3) is 0 Å². The summed E-state index contributed by atoms with van der Waals surface area (Å²) >= 11 is 1.36. The number of aromatic nitrogens is 1. The lowest BCUT2D eigenvalue weighted by Crippen LogP contribution is -2.24. The molecule has 1 amide bonds. The van der Waals surface area contributed by atoms with Crippen molar-refractivity contribution in [3.05, 3.63) is 83.3 Å². The van der Waals surface area contributed by atoms with Gasteiger partial charge in [-0.25, -0.2) is 9.37 Å². The van der Waals surface area contributed by atoms with Gasteiger partial charge >= 0.3 is 0 Å². The smallest absolute Gasteiger partial charge is 0.230 e. The summed E-state index contributed by atoms with van der Waals surface area (Å²) in [7, 11) is 0. The van der Waals surface area contributed by atoms with Crippen molar-refractivity contribution in [2.75, 3.05) is 5.75 Å². The average Bonchev–Trinajstić information content (AvgIpc) is 2.70. The first-order valence-corrected chi connectivity index (χ1v) is 9.83. The molecule has 4 nitrogen and oxygen atoms in total. The number of aryl methyl sites for hydroxylation is 2. The van der Waals surface area contributed by atoms with Crippen LogP contribution in [0.15, 0.2) is 65.7 Å². The molecule has 6 heteroatoms. The second-order valence-corrected chi connectivity index (χ2v) is 7.44. The van der Waals surface area contributed by atoms with Crippen LogP contribution in [0.3, 0.4) is 0 Å². The fourth-order valence-electron chi connectivity index (χ4n) is 2.44. The van der Waals surface area contributed by atoms with E-state index in [9.17, 15) is 9.18 Å². The molecule has 0 saturated heterocycles. The molecule has 144 valence electrons. The van der Waals surface area contributed by atoms with Gasteiger partial charge in [0.15, 0.2) is 0 Å². The van der Waals surface area contributed by atoms with Crippen LogP contribution in [-0.4, -0.2) is 16.6 Å². The van der Waals surface area contributed by atoms with E-state index >= 15 is 0 Å². The minimum Gasteiger partial charge on any atom is -0.439 e. The summed E-state index contributed by atoms with van der Waals surface area (Å²) in [6.45, 7) is 4.39. The number of rotatable bonds is 7. The van der Waals surface area contributed by atoms with Gasteiger partial charge in [-0.3, -0.25) is 4.79 Å². The number of ether oxygens (including phenoxy) is 1. The predicted molar refractivity (Wildman–Crippen MR) is 109 cm³/mol. The Balaban J connectivity index is 1.48. The molecule has 28 heavy (non-hydrogen) atoms. The summed E-state index contributed by atoms with van der Waals surface area (Å²) in [5.74, 6) is 1.19. The van der Waals surface area contributed by atoms with Crippen molar-refractivity contribution < 1.29 is 13.9 Å². The van der Waals surface area contributed by atoms with E-state index in [2.05, 4.69) is 10.3 Å². The van der Waals surface area contributed by atoms with E-state index in [1.807, 2.05) is 38.1 Å². The first-order valence-electron chi connectivity index (χ1n) is 8.85. The molecule has 0 saturated carbocycles. The summed E-state index contributed by atoms with van der Waals surface area (Å²) in [5.41, 5.74) is 3.05. The van der Waals surface area contributed by atoms with E-state index in [0.29, 0.717) is 12.4 Å². The first-order chi connectivity index (χ1) is 13.5. The lowest BCUT2D eigenvalue weighted by molar-refractivity contribution is -0.118. The van der Waals surface area contributed by atoms with E-state index in [-0.39, 0.29) is 17.5 Å². The van der Waals surface area contributed by atoms with Crippen LogP contribution in [-0.2, 0) is 11.3 Å². The Morgan fingerprint density at radius 2 is 1.89 bits per heavy atom. The Hall–Kier alpha value is -2.86. The maximum absolute atomic E-state index is 12.9. The molecule has 0 atom stereocenters. The lowest BCUT2D eigenvalue weighted by atomic mass is 10.1. The van der Waals surface area contributed by atoms with Crippen molar-refractivity contribution in [1.82, 2.24) is 10.3 Å². The topological polar surface area (TPSA) is 51.2 Å². The second-order valence-electron chi connectivity index (χ2n) is 6.40. The zero-order valence-corrected chi connectivity index (χ0v) is 16.6. The number of halogens is 1. The number of hydrogen-bond donors (Lipinski definition) is 1. The zero-order valence-electron chi connectivity index (χ0n) is 15.7. The SMILES string of the molecule is Cc1ccc(C)c(Oc2ccc(CNC(=O)CSc3ccc(F)cc3)cn2)c1. The van der Waals surface area contributed by atoms with Gasteiger partial charge in [0, 0.05) is 23.7 Å².